The quantitative estimate of drug-likeness (QED) is 0.733. The molecule has 3 aromatic rings. The lowest BCUT2D eigenvalue weighted by Gasteiger charge is -2.03. The summed E-state index contributed by atoms with van der Waals surface area (Å²) in [6, 6.07) is 9.43. The van der Waals surface area contributed by atoms with Crippen LogP contribution < -0.4 is 5.32 Å². The second-order valence-electron chi connectivity index (χ2n) is 3.65. The Morgan fingerprint density at radius 2 is 1.94 bits per heavy atom. The number of hydrogen-bond donors (Lipinski definition) is 1. The molecule has 2 aromatic heterocycles. The maximum absolute atomic E-state index is 5.83. The van der Waals surface area contributed by atoms with E-state index in [1.165, 1.54) is 0 Å². The molecule has 0 unspecified atom stereocenters. The Morgan fingerprint density at radius 1 is 1.12 bits per heavy atom. The molecule has 3 nitrogen and oxygen atoms in total. The van der Waals surface area contributed by atoms with Crippen molar-refractivity contribution in [1.29, 1.82) is 0 Å². The van der Waals surface area contributed by atoms with E-state index in [2.05, 4.69) is 10.3 Å². The van der Waals surface area contributed by atoms with Crippen LogP contribution in [0.25, 0.3) is 11.0 Å². The summed E-state index contributed by atoms with van der Waals surface area (Å²) in [6.45, 7) is 0. The minimum absolute atomic E-state index is 0.719. The maximum atomic E-state index is 5.83. The van der Waals surface area contributed by atoms with Crippen LogP contribution in [0.4, 0.5) is 11.4 Å². The first-order valence-electron chi connectivity index (χ1n) is 5.17. The van der Waals surface area contributed by atoms with Crippen LogP contribution >= 0.6 is 11.6 Å². The van der Waals surface area contributed by atoms with Crippen molar-refractivity contribution in [2.24, 2.45) is 0 Å². The highest BCUT2D eigenvalue weighted by atomic mass is 35.5. The molecule has 84 valence electrons. The van der Waals surface area contributed by atoms with Crippen molar-refractivity contribution in [3.8, 4) is 0 Å². The normalized spacial score (nSPS) is 10.6. The van der Waals surface area contributed by atoms with Crippen LogP contribution in [0, 0.1) is 0 Å². The van der Waals surface area contributed by atoms with Gasteiger partial charge in [-0.2, -0.15) is 0 Å². The van der Waals surface area contributed by atoms with Crippen molar-refractivity contribution < 1.29 is 4.42 Å². The van der Waals surface area contributed by atoms with Gasteiger partial charge >= 0.3 is 0 Å². The Morgan fingerprint density at radius 3 is 2.76 bits per heavy atom. The first kappa shape index (κ1) is 10.2. The summed E-state index contributed by atoms with van der Waals surface area (Å²) in [4.78, 5) is 4.01. The van der Waals surface area contributed by atoms with Gasteiger partial charge in [-0.15, -0.1) is 0 Å². The third-order valence-corrected chi connectivity index (χ3v) is 2.75. The topological polar surface area (TPSA) is 38.1 Å². The molecular formula is C13H9ClN2O. The number of halogens is 1. The van der Waals surface area contributed by atoms with E-state index in [4.69, 9.17) is 16.0 Å². The Balaban J connectivity index is 1.97. The van der Waals surface area contributed by atoms with Gasteiger partial charge in [0.15, 0.2) is 5.58 Å². The highest BCUT2D eigenvalue weighted by molar-refractivity contribution is 6.30. The van der Waals surface area contributed by atoms with E-state index >= 15 is 0 Å². The van der Waals surface area contributed by atoms with Gasteiger partial charge in [-0.25, -0.2) is 0 Å². The molecule has 0 fully saturated rings. The molecule has 0 atom stereocenters. The Hall–Kier alpha value is -2.00. The summed E-state index contributed by atoms with van der Waals surface area (Å²) in [7, 11) is 0. The van der Waals surface area contributed by atoms with E-state index in [1.807, 2.05) is 30.3 Å². The smallest absolute Gasteiger partial charge is 0.154 e. The van der Waals surface area contributed by atoms with Gasteiger partial charge in [-0.1, -0.05) is 11.6 Å². The monoisotopic (exact) mass is 244 g/mol. The van der Waals surface area contributed by atoms with Gasteiger partial charge < -0.3 is 9.73 Å². The zero-order chi connectivity index (χ0) is 11.7. The fourth-order valence-corrected chi connectivity index (χ4v) is 1.79. The Labute approximate surface area is 103 Å². The molecular weight excluding hydrogens is 236 g/mol. The van der Waals surface area contributed by atoms with Crippen molar-refractivity contribution >= 4 is 33.9 Å². The van der Waals surface area contributed by atoms with Crippen LogP contribution in [0.5, 0.6) is 0 Å². The van der Waals surface area contributed by atoms with Crippen molar-refractivity contribution in [1.82, 2.24) is 4.98 Å². The first-order chi connectivity index (χ1) is 8.33. The molecule has 17 heavy (non-hydrogen) atoms. The van der Waals surface area contributed by atoms with E-state index in [9.17, 15) is 0 Å². The number of hydrogen-bond acceptors (Lipinski definition) is 3. The number of anilines is 2. The summed E-state index contributed by atoms with van der Waals surface area (Å²) in [5.74, 6) is 0. The van der Waals surface area contributed by atoms with Crippen LogP contribution in [0.2, 0.25) is 5.02 Å². The summed E-state index contributed by atoms with van der Waals surface area (Å²) in [5.41, 5.74) is 2.66. The minimum Gasteiger partial charge on any atom is -0.460 e. The van der Waals surface area contributed by atoms with Gasteiger partial charge in [0, 0.05) is 22.3 Å². The molecule has 2 heterocycles. The molecule has 3 rings (SSSR count). The largest absolute Gasteiger partial charge is 0.460 e. The molecule has 0 spiro atoms. The van der Waals surface area contributed by atoms with Crippen molar-refractivity contribution in [2.45, 2.75) is 0 Å². The van der Waals surface area contributed by atoms with Gasteiger partial charge in [0.05, 0.1) is 11.9 Å². The lowest BCUT2D eigenvalue weighted by atomic mass is 10.2. The maximum Gasteiger partial charge on any atom is 0.154 e. The number of pyridine rings is 1. The third-order valence-electron chi connectivity index (χ3n) is 2.50. The van der Waals surface area contributed by atoms with Crippen LogP contribution in [0.15, 0.2) is 53.4 Å². The average molecular weight is 245 g/mol. The molecule has 1 N–H and O–H groups in total. The molecule has 1 aromatic carbocycles. The van der Waals surface area contributed by atoms with Crippen molar-refractivity contribution in [3.05, 3.63) is 54.0 Å². The fourth-order valence-electron chi connectivity index (χ4n) is 1.67. The number of benzene rings is 1. The minimum atomic E-state index is 0.719. The number of rotatable bonds is 2. The summed E-state index contributed by atoms with van der Waals surface area (Å²) >= 11 is 5.83. The molecule has 0 saturated heterocycles. The number of nitrogens with one attached hydrogen (secondary N) is 1. The fraction of sp³-hybridized carbons (Fsp3) is 0. The Kier molecular flexibility index (Phi) is 2.46. The van der Waals surface area contributed by atoms with Gasteiger partial charge in [-0.3, -0.25) is 4.98 Å². The van der Waals surface area contributed by atoms with Gasteiger partial charge in [-0.05, 0) is 30.3 Å². The van der Waals surface area contributed by atoms with Crippen molar-refractivity contribution in [3.63, 3.8) is 0 Å². The number of nitrogens with zero attached hydrogens (tertiary/aromatic N) is 1. The van der Waals surface area contributed by atoms with Crippen LogP contribution in [-0.2, 0) is 0 Å². The molecule has 0 aliphatic carbocycles. The molecule has 4 heteroatoms. The molecule has 0 radical (unpaired) electrons. The van der Waals surface area contributed by atoms with Crippen LogP contribution in [0.1, 0.15) is 0 Å². The third kappa shape index (κ3) is 1.97. The van der Waals surface area contributed by atoms with Gasteiger partial charge in [0.1, 0.15) is 6.26 Å². The lowest BCUT2D eigenvalue weighted by Crippen LogP contribution is -1.87. The summed E-state index contributed by atoms with van der Waals surface area (Å²) in [6.07, 6.45) is 5.12. The van der Waals surface area contributed by atoms with Crippen LogP contribution in [-0.4, -0.2) is 4.98 Å². The van der Waals surface area contributed by atoms with Crippen molar-refractivity contribution in [2.75, 3.05) is 5.32 Å². The number of aromatic nitrogens is 1. The summed E-state index contributed by atoms with van der Waals surface area (Å²) in [5, 5.41) is 5.00. The number of furan rings is 1. The first-order valence-corrected chi connectivity index (χ1v) is 5.54. The zero-order valence-corrected chi connectivity index (χ0v) is 9.61. The molecule has 0 amide bonds. The van der Waals surface area contributed by atoms with E-state index in [0.717, 1.165) is 27.4 Å². The van der Waals surface area contributed by atoms with E-state index in [-0.39, 0.29) is 0 Å². The predicted octanol–water partition coefficient (Wildman–Crippen LogP) is 4.22. The second-order valence-corrected chi connectivity index (χ2v) is 4.09. The number of fused-ring (bicyclic) bond motifs is 1. The summed E-state index contributed by atoms with van der Waals surface area (Å²) < 4.78 is 5.39. The second kappa shape index (κ2) is 4.11. The average Bonchev–Trinajstić information content (AvgIpc) is 2.76. The van der Waals surface area contributed by atoms with Gasteiger partial charge in [0.2, 0.25) is 0 Å². The van der Waals surface area contributed by atoms with Crippen LogP contribution in [0.3, 0.4) is 0 Å². The molecule has 0 bridgehead atoms. The van der Waals surface area contributed by atoms with E-state index in [0.29, 0.717) is 0 Å². The van der Waals surface area contributed by atoms with Gasteiger partial charge in [0.25, 0.3) is 0 Å². The lowest BCUT2D eigenvalue weighted by molar-refractivity contribution is 0.615. The highest BCUT2D eigenvalue weighted by Gasteiger charge is 2.05. The van der Waals surface area contributed by atoms with E-state index < -0.39 is 0 Å². The highest BCUT2D eigenvalue weighted by Crippen LogP contribution is 2.28. The standard InChI is InChI=1S/C13H9ClN2O/c14-9-1-3-10(4-2-9)16-12-8-17-13-7-15-6-5-11(12)13/h1-8,16H. The zero-order valence-electron chi connectivity index (χ0n) is 8.85. The molecule has 0 aliphatic heterocycles. The SMILES string of the molecule is Clc1ccc(Nc2coc3cnccc23)cc1. The molecule has 0 saturated carbocycles. The Bertz CT molecular complexity index is 646. The molecule has 0 aliphatic rings. The predicted molar refractivity (Wildman–Crippen MR) is 68.7 cm³/mol. The van der Waals surface area contributed by atoms with E-state index in [1.54, 1.807) is 18.7 Å².